The summed E-state index contributed by atoms with van der Waals surface area (Å²) in [5.74, 6) is -0.101. The van der Waals surface area contributed by atoms with Crippen LogP contribution in [0.5, 0.6) is 0 Å². The molecule has 0 aromatic carbocycles. The van der Waals surface area contributed by atoms with Gasteiger partial charge in [0.15, 0.2) is 0 Å². The van der Waals surface area contributed by atoms with E-state index in [-0.39, 0.29) is 6.03 Å². The van der Waals surface area contributed by atoms with Crippen molar-refractivity contribution in [2.45, 2.75) is 45.2 Å². The fourth-order valence-corrected chi connectivity index (χ4v) is 3.07. The highest BCUT2D eigenvalue weighted by Gasteiger charge is 2.29. The van der Waals surface area contributed by atoms with Crippen LogP contribution >= 0.6 is 0 Å². The number of carboxylic acid groups (broad SMARTS) is 1. The number of hydrogen-bond donors (Lipinski definition) is 2. The van der Waals surface area contributed by atoms with Gasteiger partial charge in [0.25, 0.3) is 0 Å². The summed E-state index contributed by atoms with van der Waals surface area (Å²) in [5, 5.41) is 12.1. The van der Waals surface area contributed by atoms with Crippen molar-refractivity contribution in [1.82, 2.24) is 15.1 Å². The highest BCUT2D eigenvalue weighted by Crippen LogP contribution is 2.24. The summed E-state index contributed by atoms with van der Waals surface area (Å²) in [6.07, 6.45) is 3.33. The van der Waals surface area contributed by atoms with Crippen LogP contribution in [-0.2, 0) is 4.79 Å². The van der Waals surface area contributed by atoms with Crippen molar-refractivity contribution < 1.29 is 14.7 Å². The van der Waals surface area contributed by atoms with Crippen molar-refractivity contribution >= 4 is 12.0 Å². The molecular formula is C14H25N3O3. The van der Waals surface area contributed by atoms with Gasteiger partial charge in [-0.25, -0.2) is 4.79 Å². The predicted molar refractivity (Wildman–Crippen MR) is 75.6 cm³/mol. The Labute approximate surface area is 120 Å². The maximum absolute atomic E-state index is 12.2. The normalized spacial score (nSPS) is 29.2. The molecule has 1 aliphatic heterocycles. The summed E-state index contributed by atoms with van der Waals surface area (Å²) in [7, 11) is 0. The van der Waals surface area contributed by atoms with Crippen LogP contribution in [0, 0.1) is 5.92 Å². The minimum Gasteiger partial charge on any atom is -0.480 e. The van der Waals surface area contributed by atoms with E-state index >= 15 is 0 Å². The number of hydrogen-bond acceptors (Lipinski definition) is 3. The molecule has 0 aromatic heterocycles. The molecule has 2 aliphatic rings. The zero-order valence-corrected chi connectivity index (χ0v) is 12.3. The van der Waals surface area contributed by atoms with Crippen molar-refractivity contribution in [2.75, 3.05) is 26.2 Å². The van der Waals surface area contributed by atoms with Crippen molar-refractivity contribution in [3.8, 4) is 0 Å². The van der Waals surface area contributed by atoms with E-state index in [1.165, 1.54) is 6.42 Å². The smallest absolute Gasteiger partial charge is 0.320 e. The molecule has 2 amide bonds. The molecule has 2 rings (SSSR count). The van der Waals surface area contributed by atoms with Gasteiger partial charge in [0.1, 0.15) is 6.04 Å². The van der Waals surface area contributed by atoms with Crippen molar-refractivity contribution in [3.63, 3.8) is 0 Å². The molecule has 6 nitrogen and oxygen atoms in total. The van der Waals surface area contributed by atoms with Gasteiger partial charge in [-0.05, 0) is 32.1 Å². The molecule has 6 heteroatoms. The van der Waals surface area contributed by atoms with Crippen molar-refractivity contribution in [1.29, 1.82) is 0 Å². The topological polar surface area (TPSA) is 72.9 Å². The van der Waals surface area contributed by atoms with E-state index in [1.807, 2.05) is 4.90 Å². The van der Waals surface area contributed by atoms with E-state index in [2.05, 4.69) is 12.2 Å². The SMILES string of the molecule is CC1CCC(NC(=O)N2CCN(C(C)C(=O)O)CC2)C1. The maximum Gasteiger partial charge on any atom is 0.320 e. The lowest BCUT2D eigenvalue weighted by Crippen LogP contribution is -2.56. The number of urea groups is 1. The maximum atomic E-state index is 12.2. The van der Waals surface area contributed by atoms with Gasteiger partial charge in [-0.2, -0.15) is 0 Å². The number of carboxylic acids is 1. The average molecular weight is 283 g/mol. The van der Waals surface area contributed by atoms with Crippen LogP contribution in [0.15, 0.2) is 0 Å². The monoisotopic (exact) mass is 283 g/mol. The second kappa shape index (κ2) is 6.43. The van der Waals surface area contributed by atoms with E-state index in [9.17, 15) is 9.59 Å². The summed E-state index contributed by atoms with van der Waals surface area (Å²) < 4.78 is 0. The van der Waals surface area contributed by atoms with Gasteiger partial charge in [-0.1, -0.05) is 6.92 Å². The molecule has 3 atom stereocenters. The molecular weight excluding hydrogens is 258 g/mol. The number of carbonyl (C=O) groups is 2. The molecule has 0 spiro atoms. The molecule has 114 valence electrons. The molecule has 3 unspecified atom stereocenters. The Hall–Kier alpha value is -1.30. The van der Waals surface area contributed by atoms with Gasteiger partial charge in [-0.3, -0.25) is 9.69 Å². The molecule has 2 N–H and O–H groups in total. The lowest BCUT2D eigenvalue weighted by Gasteiger charge is -2.37. The summed E-state index contributed by atoms with van der Waals surface area (Å²) in [6.45, 7) is 6.37. The number of piperazine rings is 1. The summed E-state index contributed by atoms with van der Waals surface area (Å²) in [6, 6.07) is -0.156. The fourth-order valence-electron chi connectivity index (χ4n) is 3.07. The van der Waals surface area contributed by atoms with Gasteiger partial charge in [0, 0.05) is 32.2 Å². The van der Waals surface area contributed by atoms with Crippen LogP contribution in [0.2, 0.25) is 0 Å². The van der Waals surface area contributed by atoms with Crippen molar-refractivity contribution in [3.05, 3.63) is 0 Å². The average Bonchev–Trinajstić information content (AvgIpc) is 2.83. The Morgan fingerprint density at radius 1 is 1.20 bits per heavy atom. The standard InChI is InChI=1S/C14H25N3O3/c1-10-3-4-12(9-10)15-14(20)17-7-5-16(6-8-17)11(2)13(18)19/h10-12H,3-9H2,1-2H3,(H,15,20)(H,18,19). The van der Waals surface area contributed by atoms with E-state index in [0.29, 0.717) is 38.1 Å². The Kier molecular flexibility index (Phi) is 4.86. The quantitative estimate of drug-likeness (QED) is 0.809. The van der Waals surface area contributed by atoms with Gasteiger partial charge in [0.05, 0.1) is 0 Å². The van der Waals surface area contributed by atoms with Crippen LogP contribution < -0.4 is 5.32 Å². The van der Waals surface area contributed by atoms with E-state index < -0.39 is 12.0 Å². The molecule has 1 heterocycles. The molecule has 1 saturated carbocycles. The fraction of sp³-hybridized carbons (Fsp3) is 0.857. The first-order valence-electron chi connectivity index (χ1n) is 7.49. The number of nitrogens with one attached hydrogen (secondary N) is 1. The van der Waals surface area contributed by atoms with E-state index in [1.54, 1.807) is 11.8 Å². The summed E-state index contributed by atoms with van der Waals surface area (Å²) in [5.41, 5.74) is 0. The number of rotatable bonds is 3. The molecule has 1 saturated heterocycles. The van der Waals surface area contributed by atoms with Crippen LogP contribution in [0.25, 0.3) is 0 Å². The number of aliphatic carboxylic acids is 1. The third-order valence-electron chi connectivity index (χ3n) is 4.53. The van der Waals surface area contributed by atoms with Crippen molar-refractivity contribution in [2.24, 2.45) is 5.92 Å². The molecule has 2 fully saturated rings. The van der Waals surface area contributed by atoms with E-state index in [4.69, 9.17) is 5.11 Å². The largest absolute Gasteiger partial charge is 0.480 e. The first-order valence-corrected chi connectivity index (χ1v) is 7.49. The molecule has 0 radical (unpaired) electrons. The van der Waals surface area contributed by atoms with Gasteiger partial charge < -0.3 is 15.3 Å². The molecule has 1 aliphatic carbocycles. The number of carbonyl (C=O) groups excluding carboxylic acids is 1. The van der Waals surface area contributed by atoms with Gasteiger partial charge in [-0.15, -0.1) is 0 Å². The van der Waals surface area contributed by atoms with Crippen LogP contribution in [-0.4, -0.2) is 65.2 Å². The predicted octanol–water partition coefficient (Wildman–Crippen LogP) is 0.975. The minimum absolute atomic E-state index is 0.00623. The Bertz CT molecular complexity index is 367. The van der Waals surface area contributed by atoms with Crippen LogP contribution in [0.1, 0.15) is 33.1 Å². The molecule has 0 aromatic rings. The minimum atomic E-state index is -0.803. The second-order valence-corrected chi connectivity index (χ2v) is 6.10. The third kappa shape index (κ3) is 3.62. The molecule has 20 heavy (non-hydrogen) atoms. The zero-order chi connectivity index (χ0) is 14.7. The van der Waals surface area contributed by atoms with Crippen LogP contribution in [0.4, 0.5) is 4.79 Å². The lowest BCUT2D eigenvalue weighted by molar-refractivity contribution is -0.143. The second-order valence-electron chi connectivity index (χ2n) is 6.10. The van der Waals surface area contributed by atoms with Gasteiger partial charge in [0.2, 0.25) is 0 Å². The lowest BCUT2D eigenvalue weighted by atomic mass is 10.1. The Morgan fingerprint density at radius 3 is 2.35 bits per heavy atom. The Balaban J connectivity index is 1.75. The first-order chi connectivity index (χ1) is 9.47. The number of nitrogens with zero attached hydrogens (tertiary/aromatic N) is 2. The highest BCUT2D eigenvalue weighted by molar-refractivity contribution is 5.75. The third-order valence-corrected chi connectivity index (χ3v) is 4.53. The van der Waals surface area contributed by atoms with Crippen LogP contribution in [0.3, 0.4) is 0 Å². The summed E-state index contributed by atoms with van der Waals surface area (Å²) >= 11 is 0. The Morgan fingerprint density at radius 2 is 1.85 bits per heavy atom. The number of amides is 2. The van der Waals surface area contributed by atoms with Gasteiger partial charge >= 0.3 is 12.0 Å². The summed E-state index contributed by atoms with van der Waals surface area (Å²) in [4.78, 5) is 26.8. The molecule has 0 bridgehead atoms. The first kappa shape index (κ1) is 15.1. The zero-order valence-electron chi connectivity index (χ0n) is 12.3. The highest BCUT2D eigenvalue weighted by atomic mass is 16.4. The van der Waals surface area contributed by atoms with E-state index in [0.717, 1.165) is 12.8 Å².